The molecule has 0 aliphatic rings. The number of hydrogen-bond acceptors (Lipinski definition) is 3. The first kappa shape index (κ1) is 16.5. The van der Waals surface area contributed by atoms with Crippen molar-refractivity contribution in [1.29, 1.82) is 0 Å². The lowest BCUT2D eigenvalue weighted by molar-refractivity contribution is -0.135. The maximum Gasteiger partial charge on any atom is 0.260 e. The van der Waals surface area contributed by atoms with Gasteiger partial charge in [-0.3, -0.25) is 9.59 Å². The smallest absolute Gasteiger partial charge is 0.260 e. The van der Waals surface area contributed by atoms with E-state index in [1.165, 1.54) is 36.2 Å². The number of benzene rings is 2. The molecule has 2 amide bonds. The second-order valence-corrected chi connectivity index (χ2v) is 4.91. The van der Waals surface area contributed by atoms with Crippen LogP contribution in [0.3, 0.4) is 0 Å². The molecule has 0 aromatic heterocycles. The zero-order valence-electron chi connectivity index (χ0n) is 12.7. The summed E-state index contributed by atoms with van der Waals surface area (Å²) in [5.41, 5.74) is 0.470. The largest absolute Gasteiger partial charge is 0.484 e. The molecule has 0 aliphatic carbocycles. The molecule has 2 aromatic rings. The van der Waals surface area contributed by atoms with E-state index in [4.69, 9.17) is 4.74 Å². The Morgan fingerprint density at radius 1 is 1.09 bits per heavy atom. The Balaban J connectivity index is 1.78. The van der Waals surface area contributed by atoms with Crippen molar-refractivity contribution < 1.29 is 18.7 Å². The monoisotopic (exact) mass is 316 g/mol. The predicted molar refractivity (Wildman–Crippen MR) is 84.6 cm³/mol. The third kappa shape index (κ3) is 5.43. The van der Waals surface area contributed by atoms with Gasteiger partial charge in [0.05, 0.1) is 6.54 Å². The number of hydrogen-bond donors (Lipinski definition) is 1. The summed E-state index contributed by atoms with van der Waals surface area (Å²) in [6.07, 6.45) is 0. The molecule has 0 spiro atoms. The number of carbonyl (C=O) groups is 2. The zero-order valence-corrected chi connectivity index (χ0v) is 12.7. The summed E-state index contributed by atoms with van der Waals surface area (Å²) in [4.78, 5) is 25.0. The lowest BCUT2D eigenvalue weighted by Crippen LogP contribution is -2.37. The lowest BCUT2D eigenvalue weighted by Gasteiger charge is -2.17. The molecule has 0 saturated heterocycles. The van der Waals surface area contributed by atoms with Gasteiger partial charge in [-0.1, -0.05) is 18.2 Å². The molecular formula is C17H17FN2O3. The summed E-state index contributed by atoms with van der Waals surface area (Å²) in [7, 11) is 1.51. The Morgan fingerprint density at radius 3 is 2.39 bits per heavy atom. The molecule has 1 N–H and O–H groups in total. The van der Waals surface area contributed by atoms with Gasteiger partial charge in [0.2, 0.25) is 5.91 Å². The molecule has 0 atom stereocenters. The minimum Gasteiger partial charge on any atom is -0.484 e. The van der Waals surface area contributed by atoms with E-state index < -0.39 is 0 Å². The highest BCUT2D eigenvalue weighted by Gasteiger charge is 2.13. The van der Waals surface area contributed by atoms with E-state index >= 15 is 0 Å². The minimum absolute atomic E-state index is 0.117. The quantitative estimate of drug-likeness (QED) is 0.889. The van der Waals surface area contributed by atoms with Crippen molar-refractivity contribution in [1.82, 2.24) is 4.90 Å². The van der Waals surface area contributed by atoms with E-state index in [0.717, 1.165) is 0 Å². The van der Waals surface area contributed by atoms with Crippen LogP contribution in [0.15, 0.2) is 54.6 Å². The first-order valence-electron chi connectivity index (χ1n) is 7.02. The number of likely N-dealkylation sites (N-methyl/N-ethyl adjacent to an activating group) is 1. The van der Waals surface area contributed by atoms with Gasteiger partial charge >= 0.3 is 0 Å². The van der Waals surface area contributed by atoms with Gasteiger partial charge in [0, 0.05) is 12.7 Å². The molecule has 5 nitrogen and oxygen atoms in total. The van der Waals surface area contributed by atoms with Gasteiger partial charge < -0.3 is 15.0 Å². The molecule has 0 saturated carbocycles. The van der Waals surface area contributed by atoms with E-state index in [-0.39, 0.29) is 30.8 Å². The molecular weight excluding hydrogens is 299 g/mol. The fourth-order valence-corrected chi connectivity index (χ4v) is 1.81. The van der Waals surface area contributed by atoms with Crippen LogP contribution in [0.5, 0.6) is 5.75 Å². The van der Waals surface area contributed by atoms with Crippen molar-refractivity contribution in [3.63, 3.8) is 0 Å². The average molecular weight is 316 g/mol. The highest BCUT2D eigenvalue weighted by molar-refractivity contribution is 5.94. The molecule has 6 heteroatoms. The molecule has 0 radical (unpaired) electrons. The number of anilines is 1. The van der Waals surface area contributed by atoms with Crippen molar-refractivity contribution in [3.8, 4) is 5.75 Å². The number of ether oxygens (including phenoxy) is 1. The normalized spacial score (nSPS) is 10.0. The molecule has 2 rings (SSSR count). The maximum absolute atomic E-state index is 12.8. The van der Waals surface area contributed by atoms with E-state index in [9.17, 15) is 14.0 Å². The Hall–Kier alpha value is -2.89. The summed E-state index contributed by atoms with van der Waals surface area (Å²) < 4.78 is 18.1. The van der Waals surface area contributed by atoms with Crippen LogP contribution in [0.2, 0.25) is 0 Å². The van der Waals surface area contributed by atoms with Crippen LogP contribution in [-0.2, 0) is 9.59 Å². The highest BCUT2D eigenvalue weighted by atomic mass is 19.1. The first-order chi connectivity index (χ1) is 11.0. The fraction of sp³-hybridized carbons (Fsp3) is 0.176. The van der Waals surface area contributed by atoms with Crippen LogP contribution in [0.4, 0.5) is 10.1 Å². The minimum atomic E-state index is -0.381. The molecule has 120 valence electrons. The standard InChI is InChI=1S/C17H17FN2O3/c1-20(17(22)12-23-15-5-3-2-4-6-15)11-16(21)19-14-9-7-13(18)8-10-14/h2-10H,11-12H2,1H3,(H,19,21). The van der Waals surface area contributed by atoms with Crippen LogP contribution < -0.4 is 10.1 Å². The Kier molecular flexibility index (Phi) is 5.68. The summed E-state index contributed by atoms with van der Waals surface area (Å²) in [6.45, 7) is -0.265. The van der Waals surface area contributed by atoms with Gasteiger partial charge in [0.15, 0.2) is 6.61 Å². The lowest BCUT2D eigenvalue weighted by atomic mass is 10.3. The van der Waals surface area contributed by atoms with Gasteiger partial charge in [-0.15, -0.1) is 0 Å². The molecule has 0 fully saturated rings. The highest BCUT2D eigenvalue weighted by Crippen LogP contribution is 2.09. The van der Waals surface area contributed by atoms with Gasteiger partial charge in [0.25, 0.3) is 5.91 Å². The first-order valence-corrected chi connectivity index (χ1v) is 7.02. The van der Waals surface area contributed by atoms with Crippen LogP contribution >= 0.6 is 0 Å². The van der Waals surface area contributed by atoms with E-state index in [1.54, 1.807) is 24.3 Å². The second-order valence-electron chi connectivity index (χ2n) is 4.91. The van der Waals surface area contributed by atoms with E-state index in [2.05, 4.69) is 5.32 Å². The predicted octanol–water partition coefficient (Wildman–Crippen LogP) is 2.30. The zero-order chi connectivity index (χ0) is 16.7. The molecule has 0 bridgehead atoms. The number of para-hydroxylation sites is 1. The number of rotatable bonds is 6. The molecule has 2 aromatic carbocycles. The SMILES string of the molecule is CN(CC(=O)Nc1ccc(F)cc1)C(=O)COc1ccccc1. The van der Waals surface area contributed by atoms with Gasteiger partial charge in [0.1, 0.15) is 11.6 Å². The molecule has 0 unspecified atom stereocenters. The van der Waals surface area contributed by atoms with Crippen LogP contribution in [0.25, 0.3) is 0 Å². The summed E-state index contributed by atoms with van der Waals surface area (Å²) in [6, 6.07) is 14.3. The van der Waals surface area contributed by atoms with Gasteiger partial charge in [-0.2, -0.15) is 0 Å². The van der Waals surface area contributed by atoms with Crippen molar-refractivity contribution >= 4 is 17.5 Å². The van der Waals surface area contributed by atoms with Crippen molar-refractivity contribution in [3.05, 3.63) is 60.4 Å². The third-order valence-electron chi connectivity index (χ3n) is 3.04. The van der Waals surface area contributed by atoms with Gasteiger partial charge in [-0.05, 0) is 36.4 Å². The Labute approximate surface area is 133 Å². The number of amides is 2. The van der Waals surface area contributed by atoms with E-state index in [0.29, 0.717) is 11.4 Å². The van der Waals surface area contributed by atoms with Crippen molar-refractivity contribution in [2.75, 3.05) is 25.5 Å². The summed E-state index contributed by atoms with van der Waals surface area (Å²) >= 11 is 0. The topological polar surface area (TPSA) is 58.6 Å². The van der Waals surface area contributed by atoms with Crippen molar-refractivity contribution in [2.45, 2.75) is 0 Å². The number of nitrogens with one attached hydrogen (secondary N) is 1. The maximum atomic E-state index is 12.8. The number of carbonyl (C=O) groups excluding carboxylic acids is 2. The average Bonchev–Trinajstić information content (AvgIpc) is 2.55. The summed E-state index contributed by atoms with van der Waals surface area (Å²) in [5, 5.41) is 2.59. The Bertz CT molecular complexity index is 659. The van der Waals surface area contributed by atoms with Crippen molar-refractivity contribution in [2.24, 2.45) is 0 Å². The molecule has 0 aliphatic heterocycles. The van der Waals surface area contributed by atoms with Crippen LogP contribution in [0, 0.1) is 5.82 Å². The summed E-state index contributed by atoms with van der Waals surface area (Å²) in [5.74, 6) is -0.478. The van der Waals surface area contributed by atoms with Crippen LogP contribution in [0.1, 0.15) is 0 Å². The number of halogens is 1. The Morgan fingerprint density at radius 2 is 1.74 bits per heavy atom. The third-order valence-corrected chi connectivity index (χ3v) is 3.04. The molecule has 23 heavy (non-hydrogen) atoms. The van der Waals surface area contributed by atoms with E-state index in [1.807, 2.05) is 6.07 Å². The number of nitrogens with zero attached hydrogens (tertiary/aromatic N) is 1. The second kappa shape index (κ2) is 7.93. The molecule has 0 heterocycles. The fourth-order valence-electron chi connectivity index (χ4n) is 1.81. The van der Waals surface area contributed by atoms with Crippen LogP contribution in [-0.4, -0.2) is 36.9 Å². The van der Waals surface area contributed by atoms with Gasteiger partial charge in [-0.25, -0.2) is 4.39 Å².